The van der Waals surface area contributed by atoms with Crippen molar-refractivity contribution in [2.75, 3.05) is 128 Å². The van der Waals surface area contributed by atoms with E-state index in [0.717, 1.165) is 229 Å². The predicted octanol–water partition coefficient (Wildman–Crippen LogP) is 21.0. The molecule has 7 saturated heterocycles. The Kier molecular flexibility index (Phi) is 31.2. The first-order chi connectivity index (χ1) is 71.5. The van der Waals surface area contributed by atoms with Crippen LogP contribution in [-0.2, 0) is 26.2 Å². The summed E-state index contributed by atoms with van der Waals surface area (Å²) >= 11 is 0. The van der Waals surface area contributed by atoms with E-state index in [4.69, 9.17) is 0 Å². The zero-order valence-electron chi connectivity index (χ0n) is 82.1. The number of amides is 4. The van der Waals surface area contributed by atoms with Crippen LogP contribution in [0.25, 0.3) is 88.1 Å². The normalized spacial score (nSPS) is 16.2. The van der Waals surface area contributed by atoms with Crippen LogP contribution in [0, 0.1) is 29.2 Å². The molecule has 16 aromatic rings. The van der Waals surface area contributed by atoms with E-state index < -0.39 is 46.9 Å². The number of piperidine rings is 6. The predicted molar refractivity (Wildman–Crippen MR) is 563 cm³/mol. The summed E-state index contributed by atoms with van der Waals surface area (Å²) in [4.78, 5) is 98.7. The van der Waals surface area contributed by atoms with Gasteiger partial charge in [0.25, 0.3) is 23.6 Å². The first-order valence-corrected chi connectivity index (χ1v) is 51.3. The Morgan fingerprint density at radius 3 is 0.836 bits per heavy atom. The summed E-state index contributed by atoms with van der Waals surface area (Å²) in [6, 6.07) is 41.9. The van der Waals surface area contributed by atoms with Crippen LogP contribution in [0.15, 0.2) is 208 Å². The van der Waals surface area contributed by atoms with E-state index >= 15 is 0 Å². The lowest BCUT2D eigenvalue weighted by Gasteiger charge is -2.31. The first kappa shape index (κ1) is 98.3. The number of aromatic nitrogens is 15. The SMILES string of the molecule is CC1CCN(c2ncc(NC(=O)c3n[nH]c4ccc(-c5cncc(CN6CCCCC6)c5)cc34)cc2F)CC1.O=C(Nc1cccc(F)c1)c1n[nH]c2ccc(-c3cncc(CN4CCCCC4)c3)cc12.O=C(Nc1cnc(N2CCCC2)c(F)c1)c1n[nH]c2ccc(-c3cncc(CN4CCCCC4)c3)cc12.O=C(Nc1cnc(N2CCCCC2)c(F)c1)c1n[nH]c2ccc(-c3cncc(CN4CCCCC4)c3)cc12. The number of fused-ring (bicyclic) bond motifs is 4. The fourth-order valence-corrected chi connectivity index (χ4v) is 20.7. The zero-order chi connectivity index (χ0) is 99.8. The molecule has 0 bridgehead atoms. The van der Waals surface area contributed by atoms with Crippen molar-refractivity contribution in [1.29, 1.82) is 0 Å². The second-order valence-corrected chi connectivity index (χ2v) is 39.3. The van der Waals surface area contributed by atoms with Crippen LogP contribution in [0.3, 0.4) is 0 Å². The molecule has 750 valence electrons. The number of benzene rings is 5. The van der Waals surface area contributed by atoms with Crippen molar-refractivity contribution in [1.82, 2.24) is 95.3 Å². The number of nitrogens with one attached hydrogen (secondary N) is 8. The lowest BCUT2D eigenvalue weighted by Crippen LogP contribution is -2.34. The number of rotatable bonds is 23. The van der Waals surface area contributed by atoms with Crippen molar-refractivity contribution < 1.29 is 36.7 Å². The van der Waals surface area contributed by atoms with E-state index in [2.05, 4.69) is 148 Å². The highest BCUT2D eigenvalue weighted by atomic mass is 19.1. The van der Waals surface area contributed by atoms with Gasteiger partial charge in [-0.3, -0.25) is 79.1 Å². The van der Waals surface area contributed by atoms with Gasteiger partial charge < -0.3 is 36.0 Å². The fraction of sp³-hybridized carbons (Fsp3) is 0.348. The molecular weight excluding hydrogens is 1850 g/mol. The van der Waals surface area contributed by atoms with Crippen molar-refractivity contribution in [3.05, 3.63) is 276 Å². The van der Waals surface area contributed by atoms with Gasteiger partial charge in [0.15, 0.2) is 57.7 Å². The molecule has 0 aliphatic carbocycles. The minimum Gasteiger partial charge on any atom is -0.354 e. The van der Waals surface area contributed by atoms with E-state index in [1.807, 2.05) is 137 Å². The molecule has 5 aromatic carbocycles. The Hall–Kier alpha value is -15.1. The smallest absolute Gasteiger partial charge is 0.276 e. The van der Waals surface area contributed by atoms with Crippen LogP contribution in [0.2, 0.25) is 0 Å². The van der Waals surface area contributed by atoms with E-state index in [9.17, 15) is 36.7 Å². The number of nitrogens with zero attached hydrogens (tertiary/aromatic N) is 18. The van der Waals surface area contributed by atoms with E-state index in [0.29, 0.717) is 67.7 Å². The molecule has 7 aliphatic heterocycles. The number of halogens is 4. The lowest BCUT2D eigenvalue weighted by atomic mass is 9.99. The van der Waals surface area contributed by atoms with Gasteiger partial charge in [-0.1, -0.05) is 62.9 Å². The topological polar surface area (TPSA) is 344 Å². The fourth-order valence-electron chi connectivity index (χ4n) is 20.7. The standard InChI is InChI=1S/C30H34FN7O.C29H32FN7O.C28H30FN7O.C25H24FN5O/c1-20-7-11-38(12-8-20)29-26(31)15-24(18-33-29)34-30(39)28-25-14-22(5-6-27(25)35-36-28)23-13-21(16-32-17-23)19-37-9-3-2-4-10-37;30-25-15-23(18-32-28(25)37-11-5-2-6-12-37)33-29(38)27-24-14-21(7-8-26(24)34-35-27)22-13-20(16-31-17-22)19-36-9-3-1-4-10-36;29-24-14-22(17-31-27(24)36-10-4-5-11-36)32-28(37)26-23-13-20(6-7-25(23)33-34-26)21-12-19(15-30-16-21)18-35-8-2-1-3-9-35;26-20-5-4-6-21(13-20)28-25(32)24-22-12-18(7-8-23(22)29-30-24)19-11-17(14-27-15-19)16-31-9-2-1-3-10-31/h5-6,13-18,20H,2-4,7-12,19H2,1H3,(H,34,39)(H,35,36);7-8,13-18H,1-6,9-12,19H2,(H,33,38)(H,34,35);6-7,12-17H,1-5,8-11,18H2,(H,32,37)(H,33,34);4-8,11-15H,1-3,9-10,16H2,(H,28,32)(H,29,30). The van der Waals surface area contributed by atoms with Gasteiger partial charge in [0.2, 0.25) is 0 Å². The Morgan fingerprint density at radius 2 is 0.555 bits per heavy atom. The molecule has 7 aliphatic rings. The summed E-state index contributed by atoms with van der Waals surface area (Å²) in [5.41, 5.74) is 17.8. The molecule has 4 amide bonds. The number of carbonyl (C=O) groups is 4. The van der Waals surface area contributed by atoms with Crippen molar-refractivity contribution in [3.63, 3.8) is 0 Å². The number of likely N-dealkylation sites (tertiary alicyclic amines) is 4. The van der Waals surface area contributed by atoms with E-state index in [-0.39, 0.29) is 22.8 Å². The molecule has 0 atom stereocenters. The summed E-state index contributed by atoms with van der Waals surface area (Å²) in [7, 11) is 0. The third-order valence-electron chi connectivity index (χ3n) is 28.5. The molecule has 0 spiro atoms. The molecular formula is C112H120F4N26O4. The molecule has 7 fully saturated rings. The maximum absolute atomic E-state index is 14.9. The third-order valence-corrected chi connectivity index (χ3v) is 28.5. The molecule has 11 aromatic heterocycles. The summed E-state index contributed by atoms with van der Waals surface area (Å²) in [6.45, 7) is 19.6. The third kappa shape index (κ3) is 24.2. The summed E-state index contributed by atoms with van der Waals surface area (Å²) < 4.78 is 57.9. The molecule has 18 heterocycles. The average molecular weight is 1970 g/mol. The van der Waals surface area contributed by atoms with Crippen LogP contribution >= 0.6 is 0 Å². The van der Waals surface area contributed by atoms with Gasteiger partial charge >= 0.3 is 0 Å². The number of hydrogen-bond acceptors (Lipinski definition) is 22. The van der Waals surface area contributed by atoms with Crippen LogP contribution in [0.5, 0.6) is 0 Å². The second-order valence-electron chi connectivity index (χ2n) is 39.3. The van der Waals surface area contributed by atoms with Gasteiger partial charge in [0, 0.05) is 183 Å². The maximum atomic E-state index is 14.9. The number of anilines is 7. The van der Waals surface area contributed by atoms with Crippen molar-refractivity contribution >= 4 is 107 Å². The van der Waals surface area contributed by atoms with Gasteiger partial charge in [-0.05, 0) is 290 Å². The summed E-state index contributed by atoms with van der Waals surface area (Å²) in [5.74, 6) is -1.71. The van der Waals surface area contributed by atoms with Gasteiger partial charge in [0.05, 0.1) is 57.7 Å². The number of H-pyrrole nitrogens is 4. The van der Waals surface area contributed by atoms with Gasteiger partial charge in [-0.15, -0.1) is 0 Å². The minimum atomic E-state index is -0.439. The van der Waals surface area contributed by atoms with Gasteiger partial charge in [-0.2, -0.15) is 20.4 Å². The van der Waals surface area contributed by atoms with E-state index in [1.165, 1.54) is 148 Å². The van der Waals surface area contributed by atoms with Gasteiger partial charge in [0.1, 0.15) is 5.82 Å². The highest BCUT2D eigenvalue weighted by Crippen LogP contribution is 2.37. The van der Waals surface area contributed by atoms with E-state index in [1.54, 1.807) is 12.1 Å². The molecule has 8 N–H and O–H groups in total. The lowest BCUT2D eigenvalue weighted by molar-refractivity contribution is 0.101. The van der Waals surface area contributed by atoms with Crippen LogP contribution < -0.4 is 36.0 Å². The highest BCUT2D eigenvalue weighted by molar-refractivity contribution is 6.15. The minimum absolute atomic E-state index is 0.248. The summed E-state index contributed by atoms with van der Waals surface area (Å²) in [6.07, 6.45) is 42.2. The maximum Gasteiger partial charge on any atom is 0.276 e. The Labute approximate surface area is 843 Å². The molecule has 30 nitrogen and oxygen atoms in total. The Morgan fingerprint density at radius 1 is 0.288 bits per heavy atom. The summed E-state index contributed by atoms with van der Waals surface area (Å²) in [5, 5.41) is 42.4. The number of aromatic amines is 4. The second kappa shape index (κ2) is 46.3. The molecule has 23 rings (SSSR count). The zero-order valence-corrected chi connectivity index (χ0v) is 82.1. The largest absolute Gasteiger partial charge is 0.354 e. The van der Waals surface area contributed by atoms with Crippen molar-refractivity contribution in [2.24, 2.45) is 5.92 Å². The van der Waals surface area contributed by atoms with Crippen LogP contribution in [0.4, 0.5) is 57.8 Å². The molecule has 0 radical (unpaired) electrons. The molecule has 0 saturated carbocycles. The van der Waals surface area contributed by atoms with Crippen LogP contribution in [0.1, 0.15) is 193 Å². The molecule has 0 unspecified atom stereocenters. The van der Waals surface area contributed by atoms with Crippen molar-refractivity contribution in [2.45, 2.75) is 155 Å². The number of pyridine rings is 7. The first-order valence-electron chi connectivity index (χ1n) is 51.3. The number of hydrogen-bond donors (Lipinski definition) is 8. The number of carbonyl (C=O) groups excluding carboxylic acids is 4. The Balaban J connectivity index is 0.000000119. The van der Waals surface area contributed by atoms with Crippen molar-refractivity contribution in [3.8, 4) is 44.5 Å². The molecule has 146 heavy (non-hydrogen) atoms. The molecule has 34 heteroatoms. The average Bonchev–Trinajstić information content (AvgIpc) is 1.63. The quantitative estimate of drug-likeness (QED) is 0.0276. The Bertz CT molecular complexity index is 7310. The monoisotopic (exact) mass is 1970 g/mol. The highest BCUT2D eigenvalue weighted by Gasteiger charge is 2.29. The van der Waals surface area contributed by atoms with Crippen LogP contribution in [-0.4, -0.2) is 211 Å². The van der Waals surface area contributed by atoms with Gasteiger partial charge in [-0.25, -0.2) is 32.5 Å².